The maximum atomic E-state index is 13.1. The molecule has 0 spiro atoms. The number of carbonyl (C=O) groups excluding carboxylic acids is 2. The molecule has 1 unspecified atom stereocenters. The molecule has 1 fully saturated rings. The second-order valence-electron chi connectivity index (χ2n) is 7.50. The molecule has 0 N–H and O–H groups in total. The molecule has 0 aromatic heterocycles. The molecule has 7 nitrogen and oxygen atoms in total. The van der Waals surface area contributed by atoms with Crippen LogP contribution in [0.1, 0.15) is 30.1 Å². The molecule has 2 heterocycles. The van der Waals surface area contributed by atoms with E-state index in [2.05, 4.69) is 0 Å². The highest BCUT2D eigenvalue weighted by Gasteiger charge is 2.36. The van der Waals surface area contributed by atoms with Crippen LogP contribution in [0.15, 0.2) is 48.5 Å². The number of anilines is 1. The number of rotatable bonds is 5. The van der Waals surface area contributed by atoms with Crippen molar-refractivity contribution in [2.75, 3.05) is 32.2 Å². The number of ether oxygens (including phenoxy) is 3. The van der Waals surface area contributed by atoms with Gasteiger partial charge in [0.25, 0.3) is 5.91 Å². The first-order chi connectivity index (χ1) is 14.6. The lowest BCUT2D eigenvalue weighted by Gasteiger charge is -2.40. The van der Waals surface area contributed by atoms with Crippen molar-refractivity contribution in [3.8, 4) is 5.75 Å². The number of nitrogens with zero attached hydrogens (tertiary/aromatic N) is 2. The molecule has 0 bridgehead atoms. The van der Waals surface area contributed by atoms with Gasteiger partial charge >= 0.3 is 6.09 Å². The highest BCUT2D eigenvalue weighted by molar-refractivity contribution is 5.91. The van der Waals surface area contributed by atoms with Crippen molar-refractivity contribution >= 4 is 17.7 Å². The highest BCUT2D eigenvalue weighted by atomic mass is 16.6. The van der Waals surface area contributed by atoms with Crippen LogP contribution in [-0.4, -0.2) is 50.3 Å². The van der Waals surface area contributed by atoms with E-state index in [-0.39, 0.29) is 18.0 Å². The van der Waals surface area contributed by atoms with E-state index >= 15 is 0 Å². The van der Waals surface area contributed by atoms with Crippen molar-refractivity contribution < 1.29 is 23.8 Å². The van der Waals surface area contributed by atoms with Gasteiger partial charge in [-0.25, -0.2) is 4.79 Å². The summed E-state index contributed by atoms with van der Waals surface area (Å²) >= 11 is 0. The van der Waals surface area contributed by atoms with Crippen LogP contribution in [0.5, 0.6) is 5.75 Å². The highest BCUT2D eigenvalue weighted by Crippen LogP contribution is 2.32. The Bertz CT molecular complexity index is 906. The molecule has 2 amide bonds. The molecule has 7 heteroatoms. The van der Waals surface area contributed by atoms with Crippen molar-refractivity contribution in [3.63, 3.8) is 0 Å². The Labute approximate surface area is 176 Å². The van der Waals surface area contributed by atoms with E-state index in [4.69, 9.17) is 14.2 Å². The van der Waals surface area contributed by atoms with E-state index < -0.39 is 6.10 Å². The van der Waals surface area contributed by atoms with Crippen LogP contribution in [0, 0.1) is 0 Å². The van der Waals surface area contributed by atoms with E-state index in [9.17, 15) is 9.59 Å². The quantitative estimate of drug-likeness (QED) is 0.754. The Balaban J connectivity index is 1.43. The van der Waals surface area contributed by atoms with Gasteiger partial charge in [0.05, 0.1) is 12.8 Å². The van der Waals surface area contributed by atoms with Crippen LogP contribution >= 0.6 is 0 Å². The summed E-state index contributed by atoms with van der Waals surface area (Å²) in [5, 5.41) is 0. The number of piperidine rings is 1. The second-order valence-corrected chi connectivity index (χ2v) is 7.50. The van der Waals surface area contributed by atoms with E-state index in [1.165, 1.54) is 0 Å². The third kappa shape index (κ3) is 3.85. The van der Waals surface area contributed by atoms with E-state index in [0.717, 1.165) is 22.6 Å². The molecule has 0 saturated carbocycles. The third-order valence-electron chi connectivity index (χ3n) is 5.82. The standard InChI is InChI=1S/C23H26N2O5/c1-28-19-9-7-16(8-10-19)21(29-2)22(26)24-13-11-18(12-14-24)25-20-6-4-3-5-17(20)15-30-23(25)27/h3-10,18,21H,11-15H2,1-2H3. The average molecular weight is 410 g/mol. The zero-order chi connectivity index (χ0) is 21.1. The fourth-order valence-corrected chi connectivity index (χ4v) is 4.19. The molecule has 158 valence electrons. The zero-order valence-electron chi connectivity index (χ0n) is 17.2. The Morgan fingerprint density at radius 1 is 1.07 bits per heavy atom. The fraction of sp³-hybridized carbons (Fsp3) is 0.391. The smallest absolute Gasteiger partial charge is 0.414 e. The maximum absolute atomic E-state index is 13.1. The van der Waals surface area contributed by atoms with Gasteiger partial charge < -0.3 is 19.1 Å². The Kier molecular flexibility index (Phi) is 5.90. The summed E-state index contributed by atoms with van der Waals surface area (Å²) in [6.07, 6.45) is 0.405. The topological polar surface area (TPSA) is 68.3 Å². The summed E-state index contributed by atoms with van der Waals surface area (Å²) in [6.45, 7) is 1.43. The average Bonchev–Trinajstić information content (AvgIpc) is 2.80. The minimum absolute atomic E-state index is 0.00461. The van der Waals surface area contributed by atoms with E-state index in [1.54, 1.807) is 19.1 Å². The Hall–Kier alpha value is -3.06. The van der Waals surface area contributed by atoms with Crippen LogP contribution in [0.4, 0.5) is 10.5 Å². The molecule has 30 heavy (non-hydrogen) atoms. The molecule has 1 atom stereocenters. The van der Waals surface area contributed by atoms with Gasteiger partial charge in [0.1, 0.15) is 12.4 Å². The monoisotopic (exact) mass is 410 g/mol. The first kappa shape index (κ1) is 20.2. The Morgan fingerprint density at radius 3 is 2.43 bits per heavy atom. The van der Waals surface area contributed by atoms with Gasteiger partial charge in [0, 0.05) is 31.8 Å². The van der Waals surface area contributed by atoms with Crippen LogP contribution in [0.25, 0.3) is 0 Å². The summed E-state index contributed by atoms with van der Waals surface area (Å²) in [5.74, 6) is 0.665. The molecule has 2 aromatic rings. The number of fused-ring (bicyclic) bond motifs is 1. The third-order valence-corrected chi connectivity index (χ3v) is 5.82. The van der Waals surface area contributed by atoms with Crippen molar-refractivity contribution in [1.29, 1.82) is 0 Å². The molecular weight excluding hydrogens is 384 g/mol. The van der Waals surface area contributed by atoms with Gasteiger partial charge in [0.15, 0.2) is 6.10 Å². The summed E-state index contributed by atoms with van der Waals surface area (Å²) in [6, 6.07) is 15.1. The van der Waals surface area contributed by atoms with Gasteiger partial charge in [-0.3, -0.25) is 9.69 Å². The molecule has 2 aliphatic heterocycles. The minimum atomic E-state index is -0.659. The Morgan fingerprint density at radius 2 is 1.77 bits per heavy atom. The summed E-state index contributed by atoms with van der Waals surface area (Å²) in [4.78, 5) is 29.1. The first-order valence-electron chi connectivity index (χ1n) is 10.1. The molecule has 0 aliphatic carbocycles. The molecule has 2 aromatic carbocycles. The normalized spacial score (nSPS) is 17.9. The number of hydrogen-bond donors (Lipinski definition) is 0. The molecule has 2 aliphatic rings. The van der Waals surface area contributed by atoms with Crippen molar-refractivity contribution in [2.45, 2.75) is 31.6 Å². The van der Waals surface area contributed by atoms with Crippen molar-refractivity contribution in [3.05, 3.63) is 59.7 Å². The number of carbonyl (C=O) groups is 2. The summed E-state index contributed by atoms with van der Waals surface area (Å²) < 4.78 is 16.1. The van der Waals surface area contributed by atoms with Crippen molar-refractivity contribution in [2.24, 2.45) is 0 Å². The largest absolute Gasteiger partial charge is 0.497 e. The molecule has 1 saturated heterocycles. The number of benzene rings is 2. The number of methoxy groups -OCH3 is 2. The maximum Gasteiger partial charge on any atom is 0.414 e. The molecular formula is C23H26N2O5. The number of cyclic esters (lactones) is 1. The predicted octanol–water partition coefficient (Wildman–Crippen LogP) is 3.53. The zero-order valence-corrected chi connectivity index (χ0v) is 17.2. The van der Waals surface area contributed by atoms with Gasteiger partial charge in [-0.2, -0.15) is 0 Å². The van der Waals surface area contributed by atoms with Crippen LogP contribution in [-0.2, 0) is 20.9 Å². The number of likely N-dealkylation sites (tertiary alicyclic amines) is 1. The lowest BCUT2D eigenvalue weighted by atomic mass is 9.99. The lowest BCUT2D eigenvalue weighted by molar-refractivity contribution is -0.143. The number of hydrogen-bond acceptors (Lipinski definition) is 5. The molecule has 4 rings (SSSR count). The van der Waals surface area contributed by atoms with Gasteiger partial charge in [-0.05, 0) is 36.6 Å². The van der Waals surface area contributed by atoms with E-state index in [0.29, 0.717) is 32.5 Å². The van der Waals surface area contributed by atoms with Crippen molar-refractivity contribution in [1.82, 2.24) is 4.90 Å². The van der Waals surface area contributed by atoms with Crippen LogP contribution < -0.4 is 9.64 Å². The van der Waals surface area contributed by atoms with Crippen LogP contribution in [0.3, 0.4) is 0 Å². The van der Waals surface area contributed by atoms with E-state index in [1.807, 2.05) is 53.4 Å². The van der Waals surface area contributed by atoms with Gasteiger partial charge in [-0.15, -0.1) is 0 Å². The second kappa shape index (κ2) is 8.75. The van der Waals surface area contributed by atoms with Gasteiger partial charge in [0.2, 0.25) is 0 Å². The SMILES string of the molecule is COc1ccc(C(OC)C(=O)N2CCC(N3C(=O)OCc4ccccc43)CC2)cc1. The number of amides is 2. The summed E-state index contributed by atoms with van der Waals surface area (Å²) in [7, 11) is 3.15. The molecule has 0 radical (unpaired) electrons. The number of para-hydroxylation sites is 1. The summed E-state index contributed by atoms with van der Waals surface area (Å²) in [5.41, 5.74) is 2.71. The minimum Gasteiger partial charge on any atom is -0.497 e. The van der Waals surface area contributed by atoms with Crippen LogP contribution in [0.2, 0.25) is 0 Å². The lowest BCUT2D eigenvalue weighted by Crippen LogP contribution is -2.51. The fourth-order valence-electron chi connectivity index (χ4n) is 4.19. The van der Waals surface area contributed by atoms with Gasteiger partial charge in [-0.1, -0.05) is 30.3 Å². The first-order valence-corrected chi connectivity index (χ1v) is 10.1. The predicted molar refractivity (Wildman–Crippen MR) is 111 cm³/mol.